The fourth-order valence-corrected chi connectivity index (χ4v) is 5.65. The normalized spacial score (nSPS) is 17.3. The van der Waals surface area contributed by atoms with E-state index in [2.05, 4.69) is 33.7 Å². The van der Waals surface area contributed by atoms with Gasteiger partial charge >= 0.3 is 11.9 Å². The number of para-hydroxylation sites is 2. The Bertz CT molecular complexity index is 1540. The minimum atomic E-state index is -0.360. The van der Waals surface area contributed by atoms with Gasteiger partial charge in [0, 0.05) is 90.1 Å². The van der Waals surface area contributed by atoms with Crippen molar-refractivity contribution in [3.05, 3.63) is 72.1 Å². The summed E-state index contributed by atoms with van der Waals surface area (Å²) in [5.74, 6) is 0.243. The largest absolute Gasteiger partial charge is 0.424 e. The smallest absolute Gasteiger partial charge is 0.308 e. The average Bonchev–Trinajstić information content (AvgIpc) is 3.04. The van der Waals surface area contributed by atoms with Crippen LogP contribution in [0.1, 0.15) is 25.2 Å². The molecule has 2 aromatic heterocycles. The van der Waals surface area contributed by atoms with Crippen LogP contribution in [0.15, 0.2) is 60.7 Å². The number of hydrogen-bond acceptors (Lipinski definition) is 11. The first-order chi connectivity index (χ1) is 22.7. The van der Waals surface area contributed by atoms with Crippen molar-refractivity contribution in [1.29, 1.82) is 0 Å². The summed E-state index contributed by atoms with van der Waals surface area (Å²) < 4.78 is 17.1. The number of carbonyl (C=O) groups excluding carboxylic acids is 2. The molecular weight excluding hydrogens is 596 g/mol. The monoisotopic (exact) mass is 642 g/mol. The van der Waals surface area contributed by atoms with Gasteiger partial charge in [-0.3, -0.25) is 19.4 Å². The van der Waals surface area contributed by atoms with E-state index < -0.39 is 0 Å². The van der Waals surface area contributed by atoms with Gasteiger partial charge in [0.2, 0.25) is 0 Å². The second-order valence-electron chi connectivity index (χ2n) is 12.2. The third-order valence-corrected chi connectivity index (χ3v) is 8.32. The van der Waals surface area contributed by atoms with Crippen molar-refractivity contribution >= 4 is 33.7 Å². The fourth-order valence-electron chi connectivity index (χ4n) is 5.65. The van der Waals surface area contributed by atoms with Crippen LogP contribution in [0.4, 0.5) is 0 Å². The second-order valence-corrected chi connectivity index (χ2v) is 12.2. The number of benzene rings is 2. The molecule has 1 aliphatic rings. The van der Waals surface area contributed by atoms with Crippen molar-refractivity contribution < 1.29 is 23.8 Å². The molecule has 0 N–H and O–H groups in total. The van der Waals surface area contributed by atoms with Gasteiger partial charge in [-0.1, -0.05) is 36.4 Å². The van der Waals surface area contributed by atoms with Crippen LogP contribution in [0.5, 0.6) is 11.5 Å². The molecule has 0 unspecified atom stereocenters. The molecule has 250 valence electrons. The van der Waals surface area contributed by atoms with E-state index in [-0.39, 0.29) is 11.9 Å². The lowest BCUT2D eigenvalue weighted by Gasteiger charge is -2.27. The van der Waals surface area contributed by atoms with Crippen molar-refractivity contribution in [2.45, 2.75) is 26.9 Å². The van der Waals surface area contributed by atoms with Crippen LogP contribution in [-0.4, -0.2) is 121 Å². The van der Waals surface area contributed by atoms with Gasteiger partial charge in [0.1, 0.15) is 11.0 Å². The van der Waals surface area contributed by atoms with Crippen LogP contribution in [-0.2, 0) is 27.4 Å². The molecule has 0 amide bonds. The number of pyridine rings is 2. The zero-order chi connectivity index (χ0) is 33.2. The molecule has 0 atom stereocenters. The first kappa shape index (κ1) is 34.3. The third-order valence-electron chi connectivity index (χ3n) is 8.32. The molecule has 0 aliphatic carbocycles. The quantitative estimate of drug-likeness (QED) is 0.227. The summed E-state index contributed by atoms with van der Waals surface area (Å²) in [5, 5.41) is 1.87. The Hall–Kier alpha value is -4.00. The van der Waals surface area contributed by atoms with Crippen molar-refractivity contribution in [1.82, 2.24) is 29.6 Å². The average molecular weight is 643 g/mol. The minimum absolute atomic E-state index is 0.360. The van der Waals surface area contributed by atoms with Gasteiger partial charge in [-0.15, -0.1) is 0 Å². The summed E-state index contributed by atoms with van der Waals surface area (Å²) in [7, 11) is 4.34. The van der Waals surface area contributed by atoms with Gasteiger partial charge in [-0.2, -0.15) is 0 Å². The van der Waals surface area contributed by atoms with Gasteiger partial charge < -0.3 is 24.0 Å². The predicted molar refractivity (Wildman–Crippen MR) is 182 cm³/mol. The molecule has 5 rings (SSSR count). The highest BCUT2D eigenvalue weighted by Gasteiger charge is 2.15. The van der Waals surface area contributed by atoms with Crippen LogP contribution in [0.2, 0.25) is 0 Å². The van der Waals surface area contributed by atoms with E-state index in [1.165, 1.54) is 13.8 Å². The molecule has 2 aromatic carbocycles. The Morgan fingerprint density at radius 1 is 0.617 bits per heavy atom. The van der Waals surface area contributed by atoms with E-state index in [1.54, 1.807) is 12.1 Å². The van der Waals surface area contributed by atoms with Crippen molar-refractivity contribution in [2.24, 2.45) is 0 Å². The summed E-state index contributed by atoms with van der Waals surface area (Å²) in [6.07, 6.45) is 0. The first-order valence-corrected chi connectivity index (χ1v) is 16.3. The maximum Gasteiger partial charge on any atom is 0.308 e. The van der Waals surface area contributed by atoms with Gasteiger partial charge in [0.15, 0.2) is 11.5 Å². The Labute approximate surface area is 277 Å². The maximum absolute atomic E-state index is 11.7. The van der Waals surface area contributed by atoms with Crippen LogP contribution in [0.3, 0.4) is 0 Å². The Morgan fingerprint density at radius 2 is 1.04 bits per heavy atom. The topological polar surface area (TPSA) is 101 Å². The number of nitrogens with zero attached hydrogens (tertiary/aromatic N) is 6. The number of ether oxygens (including phenoxy) is 3. The molecule has 11 nitrogen and oxygen atoms in total. The molecule has 3 heterocycles. The number of fused-ring (bicyclic) bond motifs is 2. The second kappa shape index (κ2) is 16.7. The third kappa shape index (κ3) is 10.2. The molecule has 47 heavy (non-hydrogen) atoms. The summed E-state index contributed by atoms with van der Waals surface area (Å²) in [4.78, 5) is 42.6. The zero-order valence-corrected chi connectivity index (χ0v) is 28.0. The van der Waals surface area contributed by atoms with Crippen molar-refractivity contribution in [2.75, 3.05) is 79.7 Å². The molecule has 0 saturated carbocycles. The number of esters is 2. The van der Waals surface area contributed by atoms with E-state index in [0.29, 0.717) is 48.8 Å². The Morgan fingerprint density at radius 3 is 1.47 bits per heavy atom. The number of hydrogen-bond donors (Lipinski definition) is 0. The molecule has 0 radical (unpaired) electrons. The highest BCUT2D eigenvalue weighted by atomic mass is 16.5. The molecule has 1 fully saturated rings. The molecule has 0 bridgehead atoms. The highest BCUT2D eigenvalue weighted by Crippen LogP contribution is 2.26. The lowest BCUT2D eigenvalue weighted by atomic mass is 10.2. The van der Waals surface area contributed by atoms with Crippen molar-refractivity contribution in [3.8, 4) is 11.5 Å². The first-order valence-electron chi connectivity index (χ1n) is 16.3. The summed E-state index contributed by atoms with van der Waals surface area (Å²) in [6.45, 7) is 12.4. The van der Waals surface area contributed by atoms with Crippen molar-refractivity contribution in [3.63, 3.8) is 0 Å². The fraction of sp³-hybridized carbons (Fsp3) is 0.444. The van der Waals surface area contributed by atoms with Gasteiger partial charge in [0.05, 0.1) is 24.6 Å². The maximum atomic E-state index is 11.7. The Kier molecular flexibility index (Phi) is 12.2. The molecule has 0 spiro atoms. The van der Waals surface area contributed by atoms with Crippen LogP contribution >= 0.6 is 0 Å². The summed E-state index contributed by atoms with van der Waals surface area (Å²) in [5.41, 5.74) is 3.23. The van der Waals surface area contributed by atoms with Crippen LogP contribution < -0.4 is 9.47 Å². The number of aromatic nitrogens is 2. The summed E-state index contributed by atoms with van der Waals surface area (Å²) in [6, 6.07) is 19.4. The highest BCUT2D eigenvalue weighted by molar-refractivity contribution is 5.87. The number of carbonyl (C=O) groups is 2. The standard InChI is InChI=1S/C36H46N6O5/c1-27(43)46-33-9-5-7-29-11-13-31(37-35(29)33)25-41-19-17-39(3)15-16-40(4)18-20-42(22-24-45-23-21-41)26-32-14-12-30-8-6-10-34(36(30)38-32)47-28(2)44/h5-14H,15-26H2,1-4H3. The Balaban J connectivity index is 1.26. The SMILES string of the molecule is CC(=O)Oc1cccc2ccc(CN3CCOCCN(Cc4ccc5cccc(OC(C)=O)c5n4)CCN(C)CCN(C)CC3)nc12. The van der Waals surface area contributed by atoms with E-state index in [1.807, 2.05) is 48.5 Å². The van der Waals surface area contributed by atoms with Gasteiger partial charge in [-0.25, -0.2) is 9.97 Å². The van der Waals surface area contributed by atoms with E-state index in [0.717, 1.165) is 74.5 Å². The zero-order valence-electron chi connectivity index (χ0n) is 28.0. The molecule has 4 aromatic rings. The molecule has 1 aliphatic heterocycles. The van der Waals surface area contributed by atoms with Gasteiger partial charge in [0.25, 0.3) is 0 Å². The van der Waals surface area contributed by atoms with Crippen LogP contribution in [0.25, 0.3) is 21.8 Å². The van der Waals surface area contributed by atoms with E-state index >= 15 is 0 Å². The number of likely N-dealkylation sites (N-methyl/N-ethyl adjacent to an activating group) is 2. The molecule has 1 saturated heterocycles. The lowest BCUT2D eigenvalue weighted by Crippen LogP contribution is -2.39. The van der Waals surface area contributed by atoms with E-state index in [4.69, 9.17) is 24.2 Å². The predicted octanol–water partition coefficient (Wildman–Crippen LogP) is 3.83. The van der Waals surface area contributed by atoms with Gasteiger partial charge in [-0.05, 0) is 38.4 Å². The van der Waals surface area contributed by atoms with Crippen LogP contribution in [0, 0.1) is 0 Å². The minimum Gasteiger partial charge on any atom is -0.424 e. The molecule has 11 heteroatoms. The van der Waals surface area contributed by atoms with E-state index in [9.17, 15) is 9.59 Å². The number of rotatable bonds is 6. The lowest BCUT2D eigenvalue weighted by molar-refractivity contribution is -0.132. The summed E-state index contributed by atoms with van der Waals surface area (Å²) >= 11 is 0. The molecular formula is C36H46N6O5.